The zero-order valence-corrected chi connectivity index (χ0v) is 9.66. The number of carbonyl (C=O) groups is 1. The van der Waals surface area contributed by atoms with Gasteiger partial charge in [-0.05, 0) is 13.3 Å². The third kappa shape index (κ3) is 2.58. The molecule has 0 aliphatic heterocycles. The Labute approximate surface area is 93.9 Å². The molecule has 1 heterocycles. The van der Waals surface area contributed by atoms with Crippen LogP contribution in [0.15, 0.2) is 6.20 Å². The van der Waals surface area contributed by atoms with E-state index in [0.717, 1.165) is 6.42 Å². The molecule has 1 unspecified atom stereocenters. The number of aromatic nitrogens is 2. The number of rotatable bonds is 5. The van der Waals surface area contributed by atoms with E-state index in [9.17, 15) is 9.90 Å². The number of carbonyl (C=O) groups excluding carboxylic acids is 1. The van der Waals surface area contributed by atoms with Crippen molar-refractivity contribution in [3.05, 3.63) is 16.9 Å². The number of aryl methyl sites for hydroxylation is 1. The highest BCUT2D eigenvalue weighted by Gasteiger charge is 2.23. The van der Waals surface area contributed by atoms with Crippen LogP contribution in [0.3, 0.4) is 0 Å². The van der Waals surface area contributed by atoms with Gasteiger partial charge in [0.25, 0.3) is 0 Å². The molecule has 0 aliphatic rings. The number of hydrogen-bond donors (Lipinski definition) is 1. The Bertz CT molecular complexity index is 349. The highest BCUT2D eigenvalue weighted by atomic mass is 35.5. The van der Waals surface area contributed by atoms with Crippen LogP contribution >= 0.6 is 11.6 Å². The van der Waals surface area contributed by atoms with Crippen molar-refractivity contribution < 1.29 is 9.90 Å². The number of Topliss-reactive ketones (excluding diaryl/α,β-unsaturated/α-hetero) is 1. The number of aliphatic hydroxyl groups excluding tert-OH is 1. The Balaban J connectivity index is 2.94. The van der Waals surface area contributed by atoms with E-state index in [1.54, 1.807) is 0 Å². The summed E-state index contributed by atoms with van der Waals surface area (Å²) in [7, 11) is 0. The van der Waals surface area contributed by atoms with Crippen molar-refractivity contribution in [3.8, 4) is 0 Å². The Morgan fingerprint density at radius 2 is 2.33 bits per heavy atom. The normalized spacial score (nSPS) is 12.8. The topological polar surface area (TPSA) is 55.1 Å². The summed E-state index contributed by atoms with van der Waals surface area (Å²) in [6, 6.07) is 0. The van der Waals surface area contributed by atoms with Crippen LogP contribution in [0.5, 0.6) is 0 Å². The van der Waals surface area contributed by atoms with Crippen LogP contribution in [-0.4, -0.2) is 26.8 Å². The summed E-state index contributed by atoms with van der Waals surface area (Å²) in [5.74, 6) is -0.346. The quantitative estimate of drug-likeness (QED) is 0.786. The minimum absolute atomic E-state index is 0.303. The van der Waals surface area contributed by atoms with E-state index in [0.29, 0.717) is 23.7 Å². The van der Waals surface area contributed by atoms with Crippen LogP contribution in [0.2, 0.25) is 5.02 Å². The summed E-state index contributed by atoms with van der Waals surface area (Å²) in [5, 5.41) is 13.8. The lowest BCUT2D eigenvalue weighted by Crippen LogP contribution is -2.23. The fourth-order valence-electron chi connectivity index (χ4n) is 1.41. The Hall–Kier alpha value is -0.870. The van der Waals surface area contributed by atoms with Crippen LogP contribution in [0.4, 0.5) is 0 Å². The average molecular weight is 231 g/mol. The Morgan fingerprint density at radius 1 is 1.67 bits per heavy atom. The molecule has 4 nitrogen and oxygen atoms in total. The summed E-state index contributed by atoms with van der Waals surface area (Å²) in [4.78, 5) is 11.8. The number of hydrogen-bond acceptors (Lipinski definition) is 3. The second-order valence-electron chi connectivity index (χ2n) is 3.33. The molecule has 0 saturated heterocycles. The number of aliphatic hydroxyl groups is 1. The van der Waals surface area contributed by atoms with E-state index in [2.05, 4.69) is 5.10 Å². The van der Waals surface area contributed by atoms with Gasteiger partial charge in [0.15, 0.2) is 0 Å². The molecule has 0 radical (unpaired) electrons. The van der Waals surface area contributed by atoms with Crippen molar-refractivity contribution in [2.24, 2.45) is 0 Å². The van der Waals surface area contributed by atoms with Crippen molar-refractivity contribution in [3.63, 3.8) is 0 Å². The number of nitrogens with zero attached hydrogens (tertiary/aromatic N) is 2. The van der Waals surface area contributed by atoms with Gasteiger partial charge in [-0.1, -0.05) is 24.9 Å². The SMILES string of the molecule is CCCC(O)C(=O)c1c(Cl)cnn1CC. The first-order chi connectivity index (χ1) is 7.11. The first-order valence-corrected chi connectivity index (χ1v) is 5.43. The smallest absolute Gasteiger partial charge is 0.210 e. The maximum atomic E-state index is 11.8. The van der Waals surface area contributed by atoms with Gasteiger partial charge in [-0.3, -0.25) is 9.48 Å². The van der Waals surface area contributed by atoms with Crippen LogP contribution < -0.4 is 0 Å². The molecule has 0 amide bonds. The molecule has 1 rings (SSSR count). The van der Waals surface area contributed by atoms with Gasteiger partial charge in [-0.25, -0.2) is 0 Å². The van der Waals surface area contributed by atoms with Gasteiger partial charge in [0, 0.05) is 6.54 Å². The molecule has 0 aliphatic carbocycles. The molecule has 84 valence electrons. The van der Waals surface area contributed by atoms with Gasteiger partial charge in [-0.2, -0.15) is 5.10 Å². The molecule has 0 spiro atoms. The van der Waals surface area contributed by atoms with E-state index in [4.69, 9.17) is 11.6 Å². The number of ketones is 1. The predicted molar refractivity (Wildman–Crippen MR) is 58.2 cm³/mol. The molecule has 15 heavy (non-hydrogen) atoms. The summed E-state index contributed by atoms with van der Waals surface area (Å²) in [5.41, 5.74) is 0.306. The summed E-state index contributed by atoms with van der Waals surface area (Å²) in [6.45, 7) is 4.34. The summed E-state index contributed by atoms with van der Waals surface area (Å²) < 4.78 is 1.50. The lowest BCUT2D eigenvalue weighted by molar-refractivity contribution is 0.0718. The summed E-state index contributed by atoms with van der Waals surface area (Å²) in [6.07, 6.45) is 1.65. The minimum atomic E-state index is -0.977. The summed E-state index contributed by atoms with van der Waals surface area (Å²) >= 11 is 5.85. The predicted octanol–water partition coefficient (Wildman–Crippen LogP) is 1.90. The molecule has 1 N–H and O–H groups in total. The van der Waals surface area contributed by atoms with E-state index >= 15 is 0 Å². The fraction of sp³-hybridized carbons (Fsp3) is 0.600. The highest BCUT2D eigenvalue weighted by molar-refractivity contribution is 6.33. The van der Waals surface area contributed by atoms with Gasteiger partial charge in [0.05, 0.1) is 11.2 Å². The Morgan fingerprint density at radius 3 is 2.87 bits per heavy atom. The van der Waals surface area contributed by atoms with Crippen molar-refractivity contribution in [1.29, 1.82) is 0 Å². The fourth-order valence-corrected chi connectivity index (χ4v) is 1.64. The molecule has 0 aromatic carbocycles. The maximum absolute atomic E-state index is 11.8. The number of halogens is 1. The third-order valence-electron chi connectivity index (χ3n) is 2.19. The van der Waals surface area contributed by atoms with Crippen molar-refractivity contribution >= 4 is 17.4 Å². The van der Waals surface area contributed by atoms with Gasteiger partial charge in [0.1, 0.15) is 11.8 Å². The van der Waals surface area contributed by atoms with E-state index in [-0.39, 0.29) is 5.78 Å². The molecule has 5 heteroatoms. The van der Waals surface area contributed by atoms with Crippen molar-refractivity contribution in [1.82, 2.24) is 9.78 Å². The second-order valence-corrected chi connectivity index (χ2v) is 3.73. The molecule has 0 bridgehead atoms. The first kappa shape index (κ1) is 12.2. The van der Waals surface area contributed by atoms with Gasteiger partial charge < -0.3 is 5.11 Å². The molecule has 0 saturated carbocycles. The average Bonchev–Trinajstić information content (AvgIpc) is 2.58. The monoisotopic (exact) mass is 230 g/mol. The third-order valence-corrected chi connectivity index (χ3v) is 2.47. The lowest BCUT2D eigenvalue weighted by Gasteiger charge is -2.09. The van der Waals surface area contributed by atoms with Crippen LogP contribution in [-0.2, 0) is 6.54 Å². The molecule has 0 fully saturated rings. The van der Waals surface area contributed by atoms with Crippen molar-refractivity contribution in [2.75, 3.05) is 0 Å². The van der Waals surface area contributed by atoms with Crippen molar-refractivity contribution in [2.45, 2.75) is 39.3 Å². The largest absolute Gasteiger partial charge is 0.385 e. The minimum Gasteiger partial charge on any atom is -0.385 e. The highest BCUT2D eigenvalue weighted by Crippen LogP contribution is 2.18. The molecule has 1 aromatic heterocycles. The molecule has 1 atom stereocenters. The van der Waals surface area contributed by atoms with Crippen LogP contribution in [0, 0.1) is 0 Å². The Kier molecular flexibility index (Phi) is 4.29. The van der Waals surface area contributed by atoms with E-state index in [1.807, 2.05) is 13.8 Å². The van der Waals surface area contributed by atoms with Crippen LogP contribution in [0.1, 0.15) is 37.2 Å². The second kappa shape index (κ2) is 5.28. The van der Waals surface area contributed by atoms with E-state index < -0.39 is 6.10 Å². The van der Waals surface area contributed by atoms with Crippen LogP contribution in [0.25, 0.3) is 0 Å². The van der Waals surface area contributed by atoms with Gasteiger partial charge >= 0.3 is 0 Å². The van der Waals surface area contributed by atoms with E-state index in [1.165, 1.54) is 10.9 Å². The maximum Gasteiger partial charge on any atom is 0.210 e. The first-order valence-electron chi connectivity index (χ1n) is 5.05. The molecule has 1 aromatic rings. The van der Waals surface area contributed by atoms with Gasteiger partial charge in [0.2, 0.25) is 5.78 Å². The zero-order valence-electron chi connectivity index (χ0n) is 8.90. The molecular formula is C10H15ClN2O2. The zero-order chi connectivity index (χ0) is 11.4. The standard InChI is InChI=1S/C10H15ClN2O2/c1-3-5-8(14)10(15)9-7(11)6-12-13(9)4-2/h6,8,14H,3-5H2,1-2H3. The molecular weight excluding hydrogens is 216 g/mol. The van der Waals surface area contributed by atoms with Gasteiger partial charge in [-0.15, -0.1) is 0 Å². The lowest BCUT2D eigenvalue weighted by atomic mass is 10.1.